The van der Waals surface area contributed by atoms with Crippen molar-refractivity contribution in [2.75, 3.05) is 26.7 Å². The zero-order valence-corrected chi connectivity index (χ0v) is 19.6. The second-order valence-corrected chi connectivity index (χ2v) is 10.0. The molecule has 0 aromatic carbocycles. The van der Waals surface area contributed by atoms with Gasteiger partial charge >= 0.3 is 0 Å². The van der Waals surface area contributed by atoms with Crippen molar-refractivity contribution in [3.05, 3.63) is 29.2 Å². The Kier molecular flexibility index (Phi) is 5.06. The van der Waals surface area contributed by atoms with Crippen LogP contribution in [0.4, 0.5) is 0 Å². The van der Waals surface area contributed by atoms with Crippen molar-refractivity contribution in [3.63, 3.8) is 0 Å². The number of rotatable bonds is 4. The number of aromatic nitrogens is 5. The number of carbonyl (C=O) groups excluding carboxylic acids is 1. The molecule has 4 aromatic rings. The molecule has 0 bridgehead atoms. The Morgan fingerprint density at radius 1 is 1.24 bits per heavy atom. The Labute approximate surface area is 195 Å². The number of aryl methyl sites for hydroxylation is 1. The highest BCUT2D eigenvalue weighted by Crippen LogP contribution is 2.41. The first-order valence-corrected chi connectivity index (χ1v) is 12.3. The fourth-order valence-corrected chi connectivity index (χ4v) is 6.50. The van der Waals surface area contributed by atoms with Gasteiger partial charge in [0.2, 0.25) is 5.91 Å². The summed E-state index contributed by atoms with van der Waals surface area (Å²) in [6, 6.07) is 2.52. The lowest BCUT2D eigenvalue weighted by Crippen LogP contribution is -2.52. The number of nitrogens with zero attached hydrogens (tertiary/aromatic N) is 5. The molecule has 2 N–H and O–H groups in total. The minimum Gasteiger partial charge on any atom is -0.493 e. The van der Waals surface area contributed by atoms with Crippen molar-refractivity contribution < 1.29 is 9.53 Å². The normalized spacial score (nSPS) is 22.2. The van der Waals surface area contributed by atoms with Crippen LogP contribution in [0.15, 0.2) is 18.6 Å². The van der Waals surface area contributed by atoms with E-state index in [0.29, 0.717) is 29.9 Å². The zero-order valence-electron chi connectivity index (χ0n) is 18.8. The van der Waals surface area contributed by atoms with Crippen molar-refractivity contribution >= 4 is 33.2 Å². The van der Waals surface area contributed by atoms with Crippen LogP contribution in [0.25, 0.3) is 27.3 Å². The first-order chi connectivity index (χ1) is 16.1. The summed E-state index contributed by atoms with van der Waals surface area (Å²) in [7, 11) is 1.65. The first-order valence-electron chi connectivity index (χ1n) is 11.5. The standard InChI is InChI=1S/C23H27N7O2S/c1-13-19(15-9-17(32-2)21-25-12-26-30(21)10-15)27-23-20(13)28-22(33-23)14-3-5-16(6-4-14)29-8-7-24-18(31)11-29/h9-10,12,14,16,27H,3-8,11H2,1-2H3,(H,24,31). The van der Waals surface area contributed by atoms with Crippen molar-refractivity contribution in [3.8, 4) is 17.0 Å². The van der Waals surface area contributed by atoms with E-state index in [2.05, 4.69) is 32.2 Å². The second-order valence-electron chi connectivity index (χ2n) is 9.01. The molecule has 0 spiro atoms. The third-order valence-electron chi connectivity index (χ3n) is 7.09. The molecule has 0 unspecified atom stereocenters. The van der Waals surface area contributed by atoms with Gasteiger partial charge in [0.1, 0.15) is 16.7 Å². The third-order valence-corrected chi connectivity index (χ3v) is 8.23. The molecule has 0 atom stereocenters. The molecule has 33 heavy (non-hydrogen) atoms. The van der Waals surface area contributed by atoms with Gasteiger partial charge in [0.15, 0.2) is 11.4 Å². The van der Waals surface area contributed by atoms with Crippen LogP contribution in [0, 0.1) is 6.92 Å². The van der Waals surface area contributed by atoms with E-state index in [-0.39, 0.29) is 5.91 Å². The fraction of sp³-hybridized carbons (Fsp3) is 0.478. The van der Waals surface area contributed by atoms with Crippen molar-refractivity contribution in [2.45, 2.75) is 44.6 Å². The average Bonchev–Trinajstić information content (AvgIpc) is 3.55. The number of amides is 1. The summed E-state index contributed by atoms with van der Waals surface area (Å²) in [5, 5.41) is 8.43. The van der Waals surface area contributed by atoms with Gasteiger partial charge in [0.05, 0.1) is 24.4 Å². The topological polar surface area (TPSA) is 100 Å². The Balaban J connectivity index is 1.23. The van der Waals surface area contributed by atoms with Crippen LogP contribution in [0.3, 0.4) is 0 Å². The summed E-state index contributed by atoms with van der Waals surface area (Å²) in [6.07, 6.45) is 8.03. The monoisotopic (exact) mass is 465 g/mol. The van der Waals surface area contributed by atoms with E-state index >= 15 is 0 Å². The van der Waals surface area contributed by atoms with Gasteiger partial charge in [-0.15, -0.1) is 11.3 Å². The molecule has 4 aromatic heterocycles. The Morgan fingerprint density at radius 3 is 2.85 bits per heavy atom. The Hall–Kier alpha value is -2.98. The maximum atomic E-state index is 11.7. The number of hydrogen-bond donors (Lipinski definition) is 2. The first kappa shape index (κ1) is 20.6. The lowest BCUT2D eigenvalue weighted by atomic mass is 9.85. The molecule has 1 saturated heterocycles. The minimum atomic E-state index is 0.157. The molecule has 9 nitrogen and oxygen atoms in total. The average molecular weight is 466 g/mol. The van der Waals surface area contributed by atoms with Crippen LogP contribution in [0.1, 0.15) is 42.2 Å². The van der Waals surface area contributed by atoms with Gasteiger partial charge in [0.25, 0.3) is 0 Å². The van der Waals surface area contributed by atoms with Gasteiger partial charge in [-0.3, -0.25) is 9.69 Å². The lowest BCUT2D eigenvalue weighted by Gasteiger charge is -2.38. The molecule has 1 aliphatic heterocycles. The smallest absolute Gasteiger partial charge is 0.234 e. The molecule has 1 aliphatic carbocycles. The van der Waals surface area contributed by atoms with Crippen molar-refractivity contribution in [2.24, 2.45) is 0 Å². The summed E-state index contributed by atoms with van der Waals surface area (Å²) < 4.78 is 7.27. The summed E-state index contributed by atoms with van der Waals surface area (Å²) in [6.45, 7) is 4.40. The van der Waals surface area contributed by atoms with Crippen LogP contribution in [-0.4, -0.2) is 68.2 Å². The van der Waals surface area contributed by atoms with Gasteiger partial charge in [0, 0.05) is 42.4 Å². The minimum absolute atomic E-state index is 0.157. The number of thiazole rings is 1. The summed E-state index contributed by atoms with van der Waals surface area (Å²) >= 11 is 1.78. The van der Waals surface area contributed by atoms with Crippen LogP contribution in [0.2, 0.25) is 0 Å². The third kappa shape index (κ3) is 3.57. The molecule has 10 heteroatoms. The maximum Gasteiger partial charge on any atom is 0.234 e. The second kappa shape index (κ2) is 8.11. The molecule has 2 fully saturated rings. The zero-order chi connectivity index (χ0) is 22.5. The van der Waals surface area contributed by atoms with Crippen LogP contribution >= 0.6 is 11.3 Å². The number of H-pyrrole nitrogens is 1. The summed E-state index contributed by atoms with van der Waals surface area (Å²) in [5.41, 5.74) is 4.94. The van der Waals surface area contributed by atoms with Gasteiger partial charge in [-0.25, -0.2) is 14.5 Å². The highest BCUT2D eigenvalue weighted by molar-refractivity contribution is 7.18. The van der Waals surface area contributed by atoms with Crippen LogP contribution in [-0.2, 0) is 4.79 Å². The number of nitrogens with one attached hydrogen (secondary N) is 2. The molecule has 6 rings (SSSR count). The maximum absolute atomic E-state index is 11.7. The van der Waals surface area contributed by atoms with E-state index in [9.17, 15) is 4.79 Å². The van der Waals surface area contributed by atoms with Gasteiger partial charge < -0.3 is 15.0 Å². The lowest BCUT2D eigenvalue weighted by molar-refractivity contribution is -0.125. The molecule has 5 heterocycles. The molecular weight excluding hydrogens is 438 g/mol. The van der Waals surface area contributed by atoms with Crippen molar-refractivity contribution in [1.82, 2.24) is 34.8 Å². The summed E-state index contributed by atoms with van der Waals surface area (Å²) in [5.74, 6) is 1.35. The fourth-order valence-electron chi connectivity index (χ4n) is 5.31. The number of piperazine rings is 1. The van der Waals surface area contributed by atoms with Crippen molar-refractivity contribution in [1.29, 1.82) is 0 Å². The quantitative estimate of drug-likeness (QED) is 0.480. The summed E-state index contributed by atoms with van der Waals surface area (Å²) in [4.78, 5) is 28.2. The number of hydrogen-bond acceptors (Lipinski definition) is 7. The van der Waals surface area contributed by atoms with Crippen LogP contribution < -0.4 is 10.1 Å². The highest BCUT2D eigenvalue weighted by atomic mass is 32.1. The highest BCUT2D eigenvalue weighted by Gasteiger charge is 2.31. The predicted molar refractivity (Wildman–Crippen MR) is 127 cm³/mol. The number of fused-ring (bicyclic) bond motifs is 2. The number of pyridine rings is 1. The van der Waals surface area contributed by atoms with E-state index in [1.165, 1.54) is 11.3 Å². The van der Waals surface area contributed by atoms with E-state index in [1.807, 2.05) is 12.3 Å². The van der Waals surface area contributed by atoms with Gasteiger partial charge in [-0.05, 0) is 38.7 Å². The molecule has 1 amide bonds. The predicted octanol–water partition coefficient (Wildman–Crippen LogP) is 3.11. The largest absolute Gasteiger partial charge is 0.493 e. The number of ether oxygens (including phenoxy) is 1. The van der Waals surface area contributed by atoms with Crippen LogP contribution in [0.5, 0.6) is 5.75 Å². The molecule has 0 radical (unpaired) electrons. The SMILES string of the molecule is COc1cc(-c2[nH]c3sc(C4CCC(N5CCNC(=O)C5)CC4)nc3c2C)cn2ncnc12. The number of methoxy groups -OCH3 is 1. The Morgan fingerprint density at radius 2 is 2.09 bits per heavy atom. The molecule has 2 aliphatic rings. The molecular formula is C23H27N7O2S. The Bertz CT molecular complexity index is 1330. The number of aromatic amines is 1. The van der Waals surface area contributed by atoms with Gasteiger partial charge in [-0.1, -0.05) is 0 Å². The van der Waals surface area contributed by atoms with Gasteiger partial charge in [-0.2, -0.15) is 5.10 Å². The van der Waals surface area contributed by atoms with E-state index in [4.69, 9.17) is 9.72 Å². The number of carbonyl (C=O) groups is 1. The van der Waals surface area contributed by atoms with E-state index in [0.717, 1.165) is 65.9 Å². The molecule has 172 valence electrons. The van der Waals surface area contributed by atoms with E-state index in [1.54, 1.807) is 23.0 Å². The molecule has 1 saturated carbocycles. The van der Waals surface area contributed by atoms with E-state index < -0.39 is 0 Å².